The van der Waals surface area contributed by atoms with E-state index in [0.29, 0.717) is 30.6 Å². The van der Waals surface area contributed by atoms with E-state index in [4.69, 9.17) is 0 Å². The Balaban J connectivity index is 2.15. The van der Waals surface area contributed by atoms with Gasteiger partial charge in [-0.25, -0.2) is 0 Å². The molecular formula is C16H21N3O4. The number of hydrogen-bond acceptors (Lipinski definition) is 4. The zero-order valence-electron chi connectivity index (χ0n) is 13.4. The van der Waals surface area contributed by atoms with Crippen molar-refractivity contribution in [3.8, 4) is 0 Å². The molecular weight excluding hydrogens is 298 g/mol. The SMILES string of the molecule is CCC(=O)N1CCCCC1C(=O)Nc1ccc(C)c([N+](=O)[O-])c1. The van der Waals surface area contributed by atoms with Gasteiger partial charge in [-0.2, -0.15) is 0 Å². The Morgan fingerprint density at radius 3 is 2.78 bits per heavy atom. The number of rotatable bonds is 4. The third-order valence-corrected chi connectivity index (χ3v) is 4.10. The second-order valence-electron chi connectivity index (χ2n) is 5.70. The summed E-state index contributed by atoms with van der Waals surface area (Å²) in [5, 5.41) is 13.7. The molecule has 23 heavy (non-hydrogen) atoms. The number of carbonyl (C=O) groups excluding carboxylic acids is 2. The maximum Gasteiger partial charge on any atom is 0.274 e. The van der Waals surface area contributed by atoms with Crippen molar-refractivity contribution in [3.63, 3.8) is 0 Å². The molecule has 1 unspecified atom stereocenters. The number of piperidine rings is 1. The van der Waals surface area contributed by atoms with Crippen LogP contribution in [0.1, 0.15) is 38.2 Å². The Hall–Kier alpha value is -2.44. The van der Waals surface area contributed by atoms with E-state index in [1.165, 1.54) is 6.07 Å². The van der Waals surface area contributed by atoms with Gasteiger partial charge in [0.05, 0.1) is 4.92 Å². The van der Waals surface area contributed by atoms with Gasteiger partial charge in [0, 0.05) is 30.3 Å². The van der Waals surface area contributed by atoms with Gasteiger partial charge in [-0.05, 0) is 32.3 Å². The Morgan fingerprint density at radius 1 is 1.39 bits per heavy atom. The summed E-state index contributed by atoms with van der Waals surface area (Å²) in [5.41, 5.74) is 0.878. The van der Waals surface area contributed by atoms with Crippen LogP contribution in [0.2, 0.25) is 0 Å². The predicted octanol–water partition coefficient (Wildman–Crippen LogP) is 2.63. The van der Waals surface area contributed by atoms with Crippen molar-refractivity contribution >= 4 is 23.2 Å². The van der Waals surface area contributed by atoms with Crippen LogP contribution in [-0.2, 0) is 9.59 Å². The van der Waals surface area contributed by atoms with E-state index in [1.54, 1.807) is 30.9 Å². The molecule has 0 spiro atoms. The van der Waals surface area contributed by atoms with Crippen LogP contribution < -0.4 is 5.32 Å². The smallest absolute Gasteiger partial charge is 0.274 e. The number of carbonyl (C=O) groups is 2. The highest BCUT2D eigenvalue weighted by Crippen LogP contribution is 2.24. The van der Waals surface area contributed by atoms with Gasteiger partial charge in [-0.1, -0.05) is 13.0 Å². The van der Waals surface area contributed by atoms with Gasteiger partial charge >= 0.3 is 0 Å². The molecule has 1 atom stereocenters. The molecule has 1 heterocycles. The minimum Gasteiger partial charge on any atom is -0.331 e. The first-order valence-electron chi connectivity index (χ1n) is 7.79. The largest absolute Gasteiger partial charge is 0.331 e. The summed E-state index contributed by atoms with van der Waals surface area (Å²) in [4.78, 5) is 36.6. The molecule has 0 aliphatic carbocycles. The van der Waals surface area contributed by atoms with Crippen LogP contribution in [0.15, 0.2) is 18.2 Å². The summed E-state index contributed by atoms with van der Waals surface area (Å²) in [6, 6.07) is 4.08. The number of nitrogens with zero attached hydrogens (tertiary/aromatic N) is 2. The molecule has 7 heteroatoms. The average molecular weight is 319 g/mol. The van der Waals surface area contributed by atoms with Gasteiger partial charge in [0.15, 0.2) is 0 Å². The number of nitro benzene ring substituents is 1. The van der Waals surface area contributed by atoms with Crippen LogP contribution >= 0.6 is 0 Å². The Bertz CT molecular complexity index is 630. The number of amides is 2. The number of nitro groups is 1. The van der Waals surface area contributed by atoms with Crippen LogP contribution in [0.3, 0.4) is 0 Å². The molecule has 1 aliphatic rings. The second kappa shape index (κ2) is 7.21. The Morgan fingerprint density at radius 2 is 2.13 bits per heavy atom. The van der Waals surface area contributed by atoms with Gasteiger partial charge in [0.1, 0.15) is 6.04 Å². The number of anilines is 1. The van der Waals surface area contributed by atoms with Crippen molar-refractivity contribution in [2.45, 2.75) is 45.6 Å². The Kier molecular flexibility index (Phi) is 5.31. The maximum atomic E-state index is 12.5. The van der Waals surface area contributed by atoms with E-state index in [9.17, 15) is 19.7 Å². The lowest BCUT2D eigenvalue weighted by Gasteiger charge is -2.34. The Labute approximate surface area is 134 Å². The summed E-state index contributed by atoms with van der Waals surface area (Å²) >= 11 is 0. The van der Waals surface area contributed by atoms with Gasteiger partial charge in [0.25, 0.3) is 5.69 Å². The molecule has 1 aromatic rings. The van der Waals surface area contributed by atoms with Gasteiger partial charge < -0.3 is 10.2 Å². The minimum atomic E-state index is -0.503. The molecule has 1 N–H and O–H groups in total. The predicted molar refractivity (Wildman–Crippen MR) is 86.1 cm³/mol. The quantitative estimate of drug-likeness (QED) is 0.682. The first-order chi connectivity index (χ1) is 10.9. The van der Waals surface area contributed by atoms with Crippen molar-refractivity contribution in [2.24, 2.45) is 0 Å². The van der Waals surface area contributed by atoms with E-state index in [2.05, 4.69) is 5.32 Å². The molecule has 2 amide bonds. The zero-order chi connectivity index (χ0) is 17.0. The normalized spacial score (nSPS) is 17.7. The number of benzene rings is 1. The topological polar surface area (TPSA) is 92.6 Å². The lowest BCUT2D eigenvalue weighted by molar-refractivity contribution is -0.385. The van der Waals surface area contributed by atoms with Crippen LogP contribution in [0, 0.1) is 17.0 Å². The summed E-state index contributed by atoms with van der Waals surface area (Å²) in [6.45, 7) is 4.00. The van der Waals surface area contributed by atoms with Crippen molar-refractivity contribution in [1.82, 2.24) is 4.90 Å². The van der Waals surface area contributed by atoms with Gasteiger partial charge in [0.2, 0.25) is 11.8 Å². The highest BCUT2D eigenvalue weighted by molar-refractivity contribution is 5.97. The monoisotopic (exact) mass is 319 g/mol. The summed E-state index contributed by atoms with van der Waals surface area (Å²) in [5.74, 6) is -0.329. The van der Waals surface area contributed by atoms with Gasteiger partial charge in [-0.15, -0.1) is 0 Å². The molecule has 0 aromatic heterocycles. The lowest BCUT2D eigenvalue weighted by atomic mass is 10.0. The molecule has 2 rings (SSSR count). The average Bonchev–Trinajstić information content (AvgIpc) is 2.55. The van der Waals surface area contributed by atoms with Crippen molar-refractivity contribution < 1.29 is 14.5 Å². The number of nitrogens with one attached hydrogen (secondary N) is 1. The van der Waals surface area contributed by atoms with E-state index in [0.717, 1.165) is 12.8 Å². The van der Waals surface area contributed by atoms with Crippen LogP contribution in [-0.4, -0.2) is 34.2 Å². The molecule has 0 radical (unpaired) electrons. The first kappa shape index (κ1) is 16.9. The van der Waals surface area contributed by atoms with E-state index < -0.39 is 11.0 Å². The highest BCUT2D eigenvalue weighted by Gasteiger charge is 2.31. The lowest BCUT2D eigenvalue weighted by Crippen LogP contribution is -2.49. The number of likely N-dealkylation sites (tertiary alicyclic amines) is 1. The number of hydrogen-bond donors (Lipinski definition) is 1. The molecule has 0 bridgehead atoms. The summed E-state index contributed by atoms with van der Waals surface area (Å²) in [7, 11) is 0. The molecule has 0 saturated carbocycles. The van der Waals surface area contributed by atoms with E-state index in [1.807, 2.05) is 0 Å². The molecule has 1 aliphatic heterocycles. The first-order valence-corrected chi connectivity index (χ1v) is 7.79. The van der Waals surface area contributed by atoms with Gasteiger partial charge in [-0.3, -0.25) is 19.7 Å². The summed E-state index contributed by atoms with van der Waals surface area (Å²) in [6.07, 6.45) is 2.76. The fourth-order valence-electron chi connectivity index (χ4n) is 2.82. The maximum absolute atomic E-state index is 12.5. The van der Waals surface area contributed by atoms with E-state index in [-0.39, 0.29) is 17.5 Å². The van der Waals surface area contributed by atoms with Crippen LogP contribution in [0.5, 0.6) is 0 Å². The standard InChI is InChI=1S/C16H21N3O4/c1-3-15(20)18-9-5-4-6-13(18)16(21)17-12-8-7-11(2)14(10-12)19(22)23/h7-8,10,13H,3-6,9H2,1-2H3,(H,17,21). The second-order valence-corrected chi connectivity index (χ2v) is 5.70. The molecule has 124 valence electrons. The fourth-order valence-corrected chi connectivity index (χ4v) is 2.82. The highest BCUT2D eigenvalue weighted by atomic mass is 16.6. The van der Waals surface area contributed by atoms with Crippen molar-refractivity contribution in [3.05, 3.63) is 33.9 Å². The van der Waals surface area contributed by atoms with Crippen molar-refractivity contribution in [2.75, 3.05) is 11.9 Å². The van der Waals surface area contributed by atoms with Crippen LogP contribution in [0.25, 0.3) is 0 Å². The number of aryl methyl sites for hydroxylation is 1. The zero-order valence-corrected chi connectivity index (χ0v) is 13.4. The third kappa shape index (κ3) is 3.85. The summed E-state index contributed by atoms with van der Waals surface area (Å²) < 4.78 is 0. The third-order valence-electron chi connectivity index (χ3n) is 4.10. The fraction of sp³-hybridized carbons (Fsp3) is 0.500. The van der Waals surface area contributed by atoms with Crippen molar-refractivity contribution in [1.29, 1.82) is 0 Å². The minimum absolute atomic E-state index is 0.0343. The molecule has 1 fully saturated rings. The molecule has 1 aromatic carbocycles. The molecule has 1 saturated heterocycles. The molecule has 7 nitrogen and oxygen atoms in total. The van der Waals surface area contributed by atoms with E-state index >= 15 is 0 Å². The van der Waals surface area contributed by atoms with Crippen LogP contribution in [0.4, 0.5) is 11.4 Å².